The number of aliphatic carboxylic acids is 1. The molecular formula is C22H24N7O6. The van der Waals surface area contributed by atoms with Crippen molar-refractivity contribution in [3.63, 3.8) is 0 Å². The molecule has 1 aromatic carbocycles. The van der Waals surface area contributed by atoms with Crippen LogP contribution in [0.15, 0.2) is 35.3 Å². The second kappa shape index (κ2) is 11.5. The van der Waals surface area contributed by atoms with Gasteiger partial charge in [0, 0.05) is 17.7 Å². The molecule has 0 aliphatic carbocycles. The van der Waals surface area contributed by atoms with Gasteiger partial charge in [0.1, 0.15) is 6.04 Å². The number of amides is 1. The van der Waals surface area contributed by atoms with Crippen molar-refractivity contribution in [2.45, 2.75) is 31.8 Å². The molecule has 0 spiro atoms. The molecule has 2 aromatic heterocycles. The number of H-pyrrole nitrogens is 1. The number of aromatic nitrogens is 4. The van der Waals surface area contributed by atoms with Gasteiger partial charge in [-0.25, -0.2) is 14.8 Å². The predicted molar refractivity (Wildman–Crippen MR) is 125 cm³/mol. The average molecular weight is 482 g/mol. The van der Waals surface area contributed by atoms with Crippen molar-refractivity contribution < 1.29 is 24.2 Å². The van der Waals surface area contributed by atoms with Gasteiger partial charge in [0.2, 0.25) is 5.95 Å². The topological polar surface area (TPSA) is 202 Å². The van der Waals surface area contributed by atoms with E-state index in [1.54, 1.807) is 12.1 Å². The zero-order valence-corrected chi connectivity index (χ0v) is 18.6. The molecule has 0 aliphatic rings. The van der Waals surface area contributed by atoms with Crippen molar-refractivity contribution in [3.05, 3.63) is 59.0 Å². The number of nitrogens with two attached hydrogens (primary N) is 1. The first kappa shape index (κ1) is 25.1. The second-order valence-electron chi connectivity index (χ2n) is 7.39. The zero-order chi connectivity index (χ0) is 25.4. The van der Waals surface area contributed by atoms with Gasteiger partial charge in [0.05, 0.1) is 25.0 Å². The Labute approximate surface area is 199 Å². The highest BCUT2D eigenvalue weighted by molar-refractivity contribution is 5.97. The summed E-state index contributed by atoms with van der Waals surface area (Å²) >= 11 is 0. The van der Waals surface area contributed by atoms with E-state index in [2.05, 4.69) is 37.5 Å². The summed E-state index contributed by atoms with van der Waals surface area (Å²) in [6, 6.07) is 5.05. The number of hydrogen-bond donors (Lipinski definition) is 5. The molecule has 1 atom stereocenters. The molecule has 0 aliphatic heterocycles. The van der Waals surface area contributed by atoms with E-state index in [1.807, 2.05) is 0 Å². The van der Waals surface area contributed by atoms with E-state index in [1.165, 1.54) is 18.3 Å². The van der Waals surface area contributed by atoms with Gasteiger partial charge < -0.3 is 31.2 Å². The van der Waals surface area contributed by atoms with Crippen LogP contribution in [0, 0.1) is 6.92 Å². The van der Waals surface area contributed by atoms with Crippen LogP contribution in [0.4, 0.5) is 11.6 Å². The first-order valence-corrected chi connectivity index (χ1v) is 10.6. The third-order valence-electron chi connectivity index (χ3n) is 4.76. The Bertz CT molecular complexity index is 1280. The normalized spacial score (nSPS) is 11.6. The molecule has 6 N–H and O–H groups in total. The number of anilines is 2. The summed E-state index contributed by atoms with van der Waals surface area (Å²) in [7, 11) is 0. The van der Waals surface area contributed by atoms with Gasteiger partial charge in [-0.3, -0.25) is 14.4 Å². The minimum atomic E-state index is -1.25. The third kappa shape index (κ3) is 6.96. The monoisotopic (exact) mass is 482 g/mol. The van der Waals surface area contributed by atoms with Gasteiger partial charge in [-0.1, -0.05) is 0 Å². The number of aromatic amines is 1. The summed E-state index contributed by atoms with van der Waals surface area (Å²) < 4.78 is 4.86. The third-order valence-corrected chi connectivity index (χ3v) is 4.76. The minimum absolute atomic E-state index is 0.0475. The molecule has 0 bridgehead atoms. The lowest BCUT2D eigenvalue weighted by molar-refractivity contribution is -0.144. The van der Waals surface area contributed by atoms with Crippen molar-refractivity contribution >= 4 is 40.6 Å². The van der Waals surface area contributed by atoms with Crippen molar-refractivity contribution in [3.8, 4) is 0 Å². The van der Waals surface area contributed by atoms with Gasteiger partial charge in [0.25, 0.3) is 5.91 Å². The minimum Gasteiger partial charge on any atom is -0.480 e. The highest BCUT2D eigenvalue weighted by Crippen LogP contribution is 2.12. The van der Waals surface area contributed by atoms with E-state index in [-0.39, 0.29) is 48.7 Å². The summed E-state index contributed by atoms with van der Waals surface area (Å²) in [6.07, 6.45) is 1.65. The molecule has 183 valence electrons. The number of carbonyl (C=O) groups is 3. The summed E-state index contributed by atoms with van der Waals surface area (Å²) in [4.78, 5) is 62.0. The molecule has 1 amide bonds. The number of ether oxygens (including phenoxy) is 1. The number of esters is 1. The Hall–Kier alpha value is -4.55. The molecule has 2 heterocycles. The van der Waals surface area contributed by atoms with E-state index >= 15 is 0 Å². The van der Waals surface area contributed by atoms with Gasteiger partial charge in [-0.15, -0.1) is 0 Å². The highest BCUT2D eigenvalue weighted by atomic mass is 16.5. The van der Waals surface area contributed by atoms with Gasteiger partial charge in [-0.2, -0.15) is 4.98 Å². The lowest BCUT2D eigenvalue weighted by Crippen LogP contribution is -2.41. The van der Waals surface area contributed by atoms with Gasteiger partial charge >= 0.3 is 17.5 Å². The standard InChI is InChI=1S/C22H24N7O6/c1-2-9-35-16(30)8-7-15(21(33)34)27-19(31)12-3-5-13(6-4-12)24-10-14-11-25-18-17(26-14)20(32)29-22(23)28-18/h3-6,11,15,24H,1-2,7-10H2,(H,27,31)(H,33,34)(H3,23,25,28,29,32)/t15-/m0/s1. The van der Waals surface area contributed by atoms with Crippen LogP contribution in [0.25, 0.3) is 11.2 Å². The maximum atomic E-state index is 12.5. The summed E-state index contributed by atoms with van der Waals surface area (Å²) in [5.74, 6) is -2.45. The molecule has 13 nitrogen and oxygen atoms in total. The van der Waals surface area contributed by atoms with Crippen LogP contribution in [0.3, 0.4) is 0 Å². The van der Waals surface area contributed by atoms with Crippen LogP contribution in [0.5, 0.6) is 0 Å². The average Bonchev–Trinajstić information content (AvgIpc) is 2.84. The molecule has 0 unspecified atom stereocenters. The summed E-state index contributed by atoms with van der Waals surface area (Å²) in [5, 5.41) is 14.8. The van der Waals surface area contributed by atoms with Crippen LogP contribution in [0.2, 0.25) is 0 Å². The molecule has 13 heteroatoms. The van der Waals surface area contributed by atoms with Gasteiger partial charge in [0.15, 0.2) is 11.2 Å². The van der Waals surface area contributed by atoms with Crippen molar-refractivity contribution in [1.29, 1.82) is 0 Å². The molecule has 3 aromatic rings. The molecule has 3 rings (SSSR count). The summed E-state index contributed by atoms with van der Waals surface area (Å²) in [6.45, 7) is 3.94. The van der Waals surface area contributed by atoms with E-state index in [4.69, 9.17) is 10.5 Å². The largest absolute Gasteiger partial charge is 0.480 e. The van der Waals surface area contributed by atoms with Crippen molar-refractivity contribution in [2.24, 2.45) is 0 Å². The van der Waals surface area contributed by atoms with E-state index in [0.29, 0.717) is 17.8 Å². The maximum absolute atomic E-state index is 12.5. The lowest BCUT2D eigenvalue weighted by atomic mass is 10.1. The van der Waals surface area contributed by atoms with Gasteiger partial charge in [-0.05, 0) is 44.0 Å². The molecular weight excluding hydrogens is 458 g/mol. The van der Waals surface area contributed by atoms with Crippen LogP contribution >= 0.6 is 0 Å². The predicted octanol–water partition coefficient (Wildman–Crippen LogP) is 0.638. The smallest absolute Gasteiger partial charge is 0.326 e. The van der Waals surface area contributed by atoms with Crippen LogP contribution in [-0.2, 0) is 20.9 Å². The number of benzene rings is 1. The molecule has 35 heavy (non-hydrogen) atoms. The fourth-order valence-corrected chi connectivity index (χ4v) is 3.01. The zero-order valence-electron chi connectivity index (χ0n) is 18.6. The summed E-state index contributed by atoms with van der Waals surface area (Å²) in [5.41, 5.74) is 6.57. The van der Waals surface area contributed by atoms with E-state index in [9.17, 15) is 24.3 Å². The number of carbonyl (C=O) groups excluding carboxylic acids is 2. The van der Waals surface area contributed by atoms with Crippen LogP contribution in [0.1, 0.15) is 35.3 Å². The fourth-order valence-electron chi connectivity index (χ4n) is 3.01. The Morgan fingerprint density at radius 1 is 1.20 bits per heavy atom. The van der Waals surface area contributed by atoms with Crippen molar-refractivity contribution in [1.82, 2.24) is 25.3 Å². The first-order valence-electron chi connectivity index (χ1n) is 10.6. The second-order valence-corrected chi connectivity index (χ2v) is 7.39. The molecule has 1 radical (unpaired) electrons. The Balaban J connectivity index is 1.57. The van der Waals surface area contributed by atoms with E-state index in [0.717, 1.165) is 0 Å². The highest BCUT2D eigenvalue weighted by Gasteiger charge is 2.22. The molecule has 0 saturated heterocycles. The lowest BCUT2D eigenvalue weighted by Gasteiger charge is -2.14. The Morgan fingerprint density at radius 2 is 1.94 bits per heavy atom. The number of carboxylic acid groups (broad SMARTS) is 1. The van der Waals surface area contributed by atoms with Crippen LogP contribution in [-0.4, -0.2) is 55.5 Å². The number of nitrogens with zero attached hydrogens (tertiary/aromatic N) is 3. The first-order chi connectivity index (χ1) is 16.8. The Kier molecular flexibility index (Phi) is 8.27. The fraction of sp³-hybridized carbons (Fsp3) is 0.273. The maximum Gasteiger partial charge on any atom is 0.326 e. The SMILES string of the molecule is [CH2]CCOC(=O)CC[C@H](NC(=O)c1ccc(NCc2cnc3[nH]c(N)nc(=O)c3n2)cc1)C(=O)O. The molecule has 0 fully saturated rings. The number of nitrogens with one attached hydrogen (secondary N) is 3. The molecule has 0 saturated carbocycles. The number of hydrogen-bond acceptors (Lipinski definition) is 10. The van der Waals surface area contributed by atoms with Crippen molar-refractivity contribution in [2.75, 3.05) is 17.7 Å². The number of carboxylic acids is 1. The van der Waals surface area contributed by atoms with E-state index < -0.39 is 29.4 Å². The Morgan fingerprint density at radius 3 is 2.63 bits per heavy atom. The number of fused-ring (bicyclic) bond motifs is 1. The number of rotatable bonds is 11. The quantitative estimate of drug-likeness (QED) is 0.240. The van der Waals surface area contributed by atoms with Crippen LogP contribution < -0.4 is 21.9 Å². The number of nitrogen functional groups attached to an aromatic ring is 1.